The van der Waals surface area contributed by atoms with Gasteiger partial charge in [0.2, 0.25) is 0 Å². The Kier molecular flexibility index (Phi) is 8.86. The number of imidazole rings is 1. The highest BCUT2D eigenvalue weighted by Crippen LogP contribution is 2.41. The predicted octanol–water partition coefficient (Wildman–Crippen LogP) is 9.47. The Balaban J connectivity index is 1.09. The average Bonchev–Trinajstić information content (AvgIpc) is 4.08. The van der Waals surface area contributed by atoms with Crippen molar-refractivity contribution in [3.63, 3.8) is 0 Å². The Labute approximate surface area is 400 Å². The van der Waals surface area contributed by atoms with Crippen molar-refractivity contribution in [2.45, 2.75) is 0 Å². The molecule has 5 heterocycles. The van der Waals surface area contributed by atoms with E-state index in [2.05, 4.69) is 252 Å². The second-order valence-corrected chi connectivity index (χ2v) is 25.6. The summed E-state index contributed by atoms with van der Waals surface area (Å²) in [6.45, 7) is 0. The van der Waals surface area contributed by atoms with Gasteiger partial charge in [-0.2, -0.15) is 0 Å². The highest BCUT2D eigenvalue weighted by molar-refractivity contribution is 7.22. The number of hydrogen-bond acceptors (Lipinski definition) is 4. The zero-order valence-corrected chi connectivity index (χ0v) is 39.4. The maximum absolute atomic E-state index is 7.17. The van der Waals surface area contributed by atoms with E-state index in [1.54, 1.807) is 0 Å². The molecule has 0 bridgehead atoms. The van der Waals surface area contributed by atoms with Gasteiger partial charge in [-0.15, -0.1) is 0 Å². The molecule has 0 N–H and O–H groups in total. The van der Waals surface area contributed by atoms with Crippen molar-refractivity contribution < 1.29 is 4.42 Å². The van der Waals surface area contributed by atoms with Gasteiger partial charge >= 0.3 is 0 Å². The van der Waals surface area contributed by atoms with Gasteiger partial charge in [0, 0.05) is 51.0 Å². The molecular formula is C62H42N4OSi2. The minimum atomic E-state index is -3.15. The number of para-hydroxylation sites is 2. The van der Waals surface area contributed by atoms with Crippen LogP contribution >= 0.6 is 0 Å². The first-order valence-corrected chi connectivity index (χ1v) is 27.6. The molecule has 0 saturated heterocycles. The van der Waals surface area contributed by atoms with Crippen molar-refractivity contribution in [3.8, 4) is 0 Å². The summed E-state index contributed by atoms with van der Waals surface area (Å²) in [5, 5.41) is 15.9. The van der Waals surface area contributed by atoms with Gasteiger partial charge in [-0.05, 0) is 84.2 Å². The molecule has 0 aliphatic carbocycles. The van der Waals surface area contributed by atoms with E-state index in [-0.39, 0.29) is 0 Å². The summed E-state index contributed by atoms with van der Waals surface area (Å²) in [6, 6.07) is 87.4. The summed E-state index contributed by atoms with van der Waals surface area (Å²) >= 11 is 0. The highest BCUT2D eigenvalue weighted by Gasteiger charge is 2.52. The molecule has 0 unspecified atom stereocenters. The normalized spacial score (nSPS) is 13.3. The summed E-state index contributed by atoms with van der Waals surface area (Å²) in [5.41, 5.74) is 6.03. The monoisotopic (exact) mass is 914 g/mol. The number of nitrogens with zero attached hydrogens (tertiary/aromatic N) is 4. The number of furan rings is 1. The highest BCUT2D eigenvalue weighted by atomic mass is 28.3. The number of benzene rings is 9. The Bertz CT molecular complexity index is 4020. The summed E-state index contributed by atoms with van der Waals surface area (Å²) < 4.78 is 9.41. The molecule has 9 aromatic carbocycles. The van der Waals surface area contributed by atoms with E-state index < -0.39 is 16.1 Å². The van der Waals surface area contributed by atoms with Gasteiger partial charge in [0.1, 0.15) is 22.6 Å². The van der Waals surface area contributed by atoms with Crippen LogP contribution in [0, 0.1) is 0 Å². The summed E-state index contributed by atoms with van der Waals surface area (Å²) in [5.74, 6) is 0.933. The molecule has 14 rings (SSSR count). The molecule has 13 aromatic rings. The molecule has 5 nitrogen and oxygen atoms in total. The van der Waals surface area contributed by atoms with Crippen LogP contribution in [0.2, 0.25) is 0 Å². The van der Waals surface area contributed by atoms with E-state index in [0.29, 0.717) is 0 Å². The van der Waals surface area contributed by atoms with E-state index in [0.717, 1.165) is 55.7 Å². The third kappa shape index (κ3) is 5.63. The molecule has 1 aliphatic heterocycles. The fraction of sp³-hybridized carbons (Fsp3) is 0. The molecular weight excluding hydrogens is 873 g/mol. The van der Waals surface area contributed by atoms with Crippen LogP contribution < -0.4 is 46.4 Å². The van der Waals surface area contributed by atoms with Crippen LogP contribution in [0.5, 0.6) is 0 Å². The largest absolute Gasteiger partial charge is 0.456 e. The van der Waals surface area contributed by atoms with Crippen LogP contribution in [-0.2, 0) is 0 Å². The zero-order chi connectivity index (χ0) is 45.5. The van der Waals surface area contributed by atoms with Crippen molar-refractivity contribution in [1.82, 2.24) is 14.4 Å². The molecule has 0 spiro atoms. The van der Waals surface area contributed by atoms with Crippen LogP contribution in [0.4, 0.5) is 17.2 Å². The Morgan fingerprint density at radius 3 is 1.80 bits per heavy atom. The Morgan fingerprint density at radius 1 is 0.435 bits per heavy atom. The topological polar surface area (TPSA) is 46.6 Å². The second-order valence-electron chi connectivity index (χ2n) is 18.1. The van der Waals surface area contributed by atoms with Crippen LogP contribution in [0.25, 0.3) is 49.3 Å². The smallest absolute Gasteiger partial charge is 0.191 e. The van der Waals surface area contributed by atoms with Crippen LogP contribution in [-0.4, -0.2) is 30.5 Å². The first-order chi connectivity index (χ1) is 34.2. The van der Waals surface area contributed by atoms with Crippen LogP contribution in [0.3, 0.4) is 0 Å². The van der Waals surface area contributed by atoms with Crippen LogP contribution in [0.15, 0.2) is 260 Å². The van der Waals surface area contributed by atoms with Crippen molar-refractivity contribution in [2.24, 2.45) is 0 Å². The lowest BCUT2D eigenvalue weighted by Crippen LogP contribution is -2.77. The maximum Gasteiger partial charge on any atom is 0.191 e. The fourth-order valence-electron chi connectivity index (χ4n) is 11.9. The van der Waals surface area contributed by atoms with Gasteiger partial charge in [0.25, 0.3) is 0 Å². The molecule has 7 heteroatoms. The van der Waals surface area contributed by atoms with E-state index in [4.69, 9.17) is 14.4 Å². The molecule has 69 heavy (non-hydrogen) atoms. The number of anilines is 3. The standard InChI is InChI=1S/C62H42N4OSi2/c1-5-20-44(21-6-1)68(45-22-7-2-8-23-45,49-34-35-50-51-29-13-15-31-55(51)65-40-39-64-61(65)54(50)42-49)48-28-17-19-43(41-48)66-56-37-36-53-52-30-14-16-32-57(52)67-59(53)60(56)69(46-24-9-3-10-25-46,47-26-11-4-12-27-47)58-33-18-38-63-62(58)66/h1-42H. The molecule has 0 atom stereocenters. The SMILES string of the molecule is c1ccc([Si](c2ccccc2)(c2cccc(N3c4ccc5c(oc6ccccc65)c4[Si](c4ccccc4)(c4ccccc4)c4cccnc43)c2)c2ccc3c4ccccc4n4ccnc4c3c2)cc1. The summed E-state index contributed by atoms with van der Waals surface area (Å²) in [4.78, 5) is 12.9. The van der Waals surface area contributed by atoms with Gasteiger partial charge in [-0.3, -0.25) is 9.30 Å². The van der Waals surface area contributed by atoms with Gasteiger partial charge < -0.3 is 4.42 Å². The number of rotatable bonds is 7. The minimum Gasteiger partial charge on any atom is -0.456 e. The molecule has 0 amide bonds. The Hall–Kier alpha value is -8.63. The van der Waals surface area contributed by atoms with Gasteiger partial charge in [-0.25, -0.2) is 9.97 Å². The third-order valence-electron chi connectivity index (χ3n) is 14.7. The first-order valence-electron chi connectivity index (χ1n) is 23.6. The molecule has 0 saturated carbocycles. The first kappa shape index (κ1) is 39.5. The maximum atomic E-state index is 7.17. The van der Waals surface area contributed by atoms with Gasteiger partial charge in [0.05, 0.1) is 11.2 Å². The van der Waals surface area contributed by atoms with Gasteiger partial charge in [-0.1, -0.05) is 194 Å². The molecule has 324 valence electrons. The fourth-order valence-corrected chi connectivity index (χ4v) is 21.8. The quantitative estimate of drug-likeness (QED) is 0.0909. The lowest BCUT2D eigenvalue weighted by molar-refractivity contribution is 0.671. The lowest BCUT2D eigenvalue weighted by Gasteiger charge is -2.44. The van der Waals surface area contributed by atoms with Crippen molar-refractivity contribution >= 4 is 124 Å². The van der Waals surface area contributed by atoms with Crippen LogP contribution in [0.1, 0.15) is 0 Å². The number of aromatic nitrogens is 3. The zero-order valence-electron chi connectivity index (χ0n) is 37.4. The second kappa shape index (κ2) is 15.5. The number of fused-ring (bicyclic) bond motifs is 12. The molecule has 0 fully saturated rings. The van der Waals surface area contributed by atoms with E-state index >= 15 is 0 Å². The van der Waals surface area contributed by atoms with E-state index in [9.17, 15) is 0 Å². The number of pyridine rings is 2. The Morgan fingerprint density at radius 2 is 1.06 bits per heavy atom. The molecule has 1 aliphatic rings. The van der Waals surface area contributed by atoms with Crippen molar-refractivity contribution in [3.05, 3.63) is 255 Å². The van der Waals surface area contributed by atoms with Crippen molar-refractivity contribution in [1.29, 1.82) is 0 Å². The molecule has 4 aromatic heterocycles. The average molecular weight is 915 g/mol. The minimum absolute atomic E-state index is 0.882. The predicted molar refractivity (Wildman–Crippen MR) is 291 cm³/mol. The lowest BCUT2D eigenvalue weighted by atomic mass is 10.1. The molecule has 0 radical (unpaired) electrons. The summed E-state index contributed by atoms with van der Waals surface area (Å²) in [7, 11) is -6.27. The summed E-state index contributed by atoms with van der Waals surface area (Å²) in [6.07, 6.45) is 5.96. The van der Waals surface area contributed by atoms with Gasteiger partial charge in [0.15, 0.2) is 16.1 Å². The van der Waals surface area contributed by atoms with E-state index in [1.165, 1.54) is 52.3 Å². The van der Waals surface area contributed by atoms with Crippen molar-refractivity contribution in [2.75, 3.05) is 4.90 Å². The third-order valence-corrected chi connectivity index (χ3v) is 24.3. The number of hydrogen-bond donors (Lipinski definition) is 0. The van der Waals surface area contributed by atoms with E-state index in [1.807, 2.05) is 12.4 Å².